The van der Waals surface area contributed by atoms with E-state index in [2.05, 4.69) is 4.98 Å². The number of rotatable bonds is 4. The van der Waals surface area contributed by atoms with Crippen LogP contribution in [-0.2, 0) is 11.2 Å². The van der Waals surface area contributed by atoms with Gasteiger partial charge in [0.1, 0.15) is 5.82 Å². The Labute approximate surface area is 174 Å². The second-order valence-electron chi connectivity index (χ2n) is 7.94. The van der Waals surface area contributed by atoms with Crippen molar-refractivity contribution in [3.05, 3.63) is 76.7 Å². The Balaban J connectivity index is 1.50. The summed E-state index contributed by atoms with van der Waals surface area (Å²) in [5.74, 6) is -0.810. The van der Waals surface area contributed by atoms with Gasteiger partial charge in [0, 0.05) is 24.4 Å². The summed E-state index contributed by atoms with van der Waals surface area (Å²) in [7, 11) is 0. The summed E-state index contributed by atoms with van der Waals surface area (Å²) in [6, 6.07) is 13.9. The lowest BCUT2D eigenvalue weighted by Crippen LogP contribution is -2.39. The molecule has 2 amide bonds. The molecular formula is C24H24FN3O2. The predicted molar refractivity (Wildman–Crippen MR) is 114 cm³/mol. The molecule has 5 nitrogen and oxygen atoms in total. The molecule has 0 bridgehead atoms. The van der Waals surface area contributed by atoms with Crippen molar-refractivity contribution in [2.75, 3.05) is 13.1 Å². The van der Waals surface area contributed by atoms with Crippen LogP contribution in [0.5, 0.6) is 0 Å². The standard InChI is InChI=1S/C24H24FN3O2/c1-15-3-2-4-16(11-15)12-22(29)28-9-7-17(8-10-28)23-20(24(26)30)14-18-13-19(25)5-6-21(18)27-23/h2-6,11,13-14,17H,7-10,12H2,1H3,(H2,26,30). The Morgan fingerprint density at radius 2 is 1.90 bits per heavy atom. The number of nitrogens with zero attached hydrogens (tertiary/aromatic N) is 2. The van der Waals surface area contributed by atoms with E-state index in [0.29, 0.717) is 54.5 Å². The monoisotopic (exact) mass is 405 g/mol. The molecule has 2 heterocycles. The van der Waals surface area contributed by atoms with Crippen molar-refractivity contribution in [1.29, 1.82) is 0 Å². The number of hydrogen-bond donors (Lipinski definition) is 1. The maximum absolute atomic E-state index is 13.5. The molecule has 0 saturated carbocycles. The van der Waals surface area contributed by atoms with Gasteiger partial charge in [0.05, 0.1) is 23.2 Å². The minimum atomic E-state index is -0.568. The molecule has 30 heavy (non-hydrogen) atoms. The predicted octanol–water partition coefficient (Wildman–Crippen LogP) is 3.73. The van der Waals surface area contributed by atoms with Gasteiger partial charge in [0.25, 0.3) is 5.91 Å². The van der Waals surface area contributed by atoms with E-state index in [4.69, 9.17) is 5.73 Å². The van der Waals surface area contributed by atoms with E-state index >= 15 is 0 Å². The topological polar surface area (TPSA) is 76.3 Å². The van der Waals surface area contributed by atoms with Crippen LogP contribution >= 0.6 is 0 Å². The van der Waals surface area contributed by atoms with Crippen molar-refractivity contribution >= 4 is 22.7 Å². The highest BCUT2D eigenvalue weighted by atomic mass is 19.1. The van der Waals surface area contributed by atoms with Gasteiger partial charge in [-0.25, -0.2) is 4.39 Å². The minimum Gasteiger partial charge on any atom is -0.366 e. The quantitative estimate of drug-likeness (QED) is 0.719. The molecule has 0 atom stereocenters. The molecule has 2 aromatic carbocycles. The van der Waals surface area contributed by atoms with Crippen LogP contribution in [0.25, 0.3) is 10.9 Å². The molecule has 0 aliphatic carbocycles. The third-order valence-electron chi connectivity index (χ3n) is 5.74. The van der Waals surface area contributed by atoms with Crippen molar-refractivity contribution in [2.24, 2.45) is 5.73 Å². The third-order valence-corrected chi connectivity index (χ3v) is 5.74. The van der Waals surface area contributed by atoms with Gasteiger partial charge in [-0.05, 0) is 49.6 Å². The van der Waals surface area contributed by atoms with E-state index in [1.807, 2.05) is 36.1 Å². The van der Waals surface area contributed by atoms with Crippen molar-refractivity contribution < 1.29 is 14.0 Å². The van der Waals surface area contributed by atoms with Crippen molar-refractivity contribution in [3.8, 4) is 0 Å². The second-order valence-corrected chi connectivity index (χ2v) is 7.94. The lowest BCUT2D eigenvalue weighted by atomic mass is 9.89. The molecule has 1 aliphatic heterocycles. The first-order valence-corrected chi connectivity index (χ1v) is 10.1. The van der Waals surface area contributed by atoms with Gasteiger partial charge in [-0.2, -0.15) is 0 Å². The Kier molecular flexibility index (Phi) is 5.48. The molecular weight excluding hydrogens is 381 g/mol. The number of benzene rings is 2. The highest BCUT2D eigenvalue weighted by molar-refractivity contribution is 5.97. The number of amides is 2. The molecule has 1 saturated heterocycles. The molecule has 4 rings (SSSR count). The fraction of sp³-hybridized carbons (Fsp3) is 0.292. The smallest absolute Gasteiger partial charge is 0.250 e. The van der Waals surface area contributed by atoms with Gasteiger partial charge < -0.3 is 10.6 Å². The Hall–Kier alpha value is -3.28. The van der Waals surface area contributed by atoms with Crippen molar-refractivity contribution in [2.45, 2.75) is 32.1 Å². The van der Waals surface area contributed by atoms with E-state index in [0.717, 1.165) is 11.1 Å². The third kappa shape index (κ3) is 4.17. The number of aryl methyl sites for hydroxylation is 1. The first kappa shape index (κ1) is 20.0. The van der Waals surface area contributed by atoms with Gasteiger partial charge in [0.2, 0.25) is 5.91 Å². The summed E-state index contributed by atoms with van der Waals surface area (Å²) in [6.07, 6.45) is 1.80. The van der Waals surface area contributed by atoms with Crippen molar-refractivity contribution in [3.63, 3.8) is 0 Å². The number of aromatic nitrogens is 1. The summed E-state index contributed by atoms with van der Waals surface area (Å²) in [4.78, 5) is 31.2. The molecule has 2 N–H and O–H groups in total. The first-order valence-electron chi connectivity index (χ1n) is 10.1. The SMILES string of the molecule is Cc1cccc(CC(=O)N2CCC(c3nc4ccc(F)cc4cc3C(N)=O)CC2)c1. The highest BCUT2D eigenvalue weighted by Crippen LogP contribution is 2.31. The van der Waals surface area contributed by atoms with Gasteiger partial charge >= 0.3 is 0 Å². The Bertz CT molecular complexity index is 1120. The fourth-order valence-corrected chi connectivity index (χ4v) is 4.18. The molecule has 154 valence electrons. The average molecular weight is 405 g/mol. The lowest BCUT2D eigenvalue weighted by molar-refractivity contribution is -0.131. The summed E-state index contributed by atoms with van der Waals surface area (Å²) in [5.41, 5.74) is 9.35. The van der Waals surface area contributed by atoms with E-state index in [1.54, 1.807) is 12.1 Å². The number of carbonyl (C=O) groups excluding carboxylic acids is 2. The van der Waals surface area contributed by atoms with Gasteiger partial charge in [-0.3, -0.25) is 14.6 Å². The molecule has 0 radical (unpaired) electrons. The number of likely N-dealkylation sites (tertiary alicyclic amines) is 1. The largest absolute Gasteiger partial charge is 0.366 e. The van der Waals surface area contributed by atoms with E-state index in [-0.39, 0.29) is 17.6 Å². The van der Waals surface area contributed by atoms with Crippen LogP contribution in [0.4, 0.5) is 4.39 Å². The van der Waals surface area contributed by atoms with Crippen LogP contribution in [0, 0.1) is 12.7 Å². The molecule has 1 fully saturated rings. The number of hydrogen-bond acceptors (Lipinski definition) is 3. The summed E-state index contributed by atoms with van der Waals surface area (Å²) in [6.45, 7) is 3.23. The summed E-state index contributed by atoms with van der Waals surface area (Å²) >= 11 is 0. The second kappa shape index (κ2) is 8.22. The van der Waals surface area contributed by atoms with Crippen LogP contribution in [0.2, 0.25) is 0 Å². The normalized spacial score (nSPS) is 14.8. The summed E-state index contributed by atoms with van der Waals surface area (Å²) < 4.78 is 13.5. The molecule has 1 aliphatic rings. The molecule has 0 unspecified atom stereocenters. The zero-order valence-electron chi connectivity index (χ0n) is 16.9. The Morgan fingerprint density at radius 1 is 1.13 bits per heavy atom. The van der Waals surface area contributed by atoms with E-state index in [1.165, 1.54) is 12.1 Å². The molecule has 6 heteroatoms. The number of pyridine rings is 1. The average Bonchev–Trinajstić information content (AvgIpc) is 2.73. The van der Waals surface area contributed by atoms with Crippen LogP contribution in [-0.4, -0.2) is 34.8 Å². The lowest BCUT2D eigenvalue weighted by Gasteiger charge is -2.32. The van der Waals surface area contributed by atoms with Gasteiger partial charge in [-0.1, -0.05) is 29.8 Å². The van der Waals surface area contributed by atoms with Crippen LogP contribution in [0.15, 0.2) is 48.5 Å². The zero-order chi connectivity index (χ0) is 21.3. The molecule has 3 aromatic rings. The van der Waals surface area contributed by atoms with E-state index in [9.17, 15) is 14.0 Å². The van der Waals surface area contributed by atoms with Crippen LogP contribution < -0.4 is 5.73 Å². The molecule has 0 spiro atoms. The Morgan fingerprint density at radius 3 is 2.60 bits per heavy atom. The van der Waals surface area contributed by atoms with Gasteiger partial charge in [-0.15, -0.1) is 0 Å². The van der Waals surface area contributed by atoms with Crippen LogP contribution in [0.1, 0.15) is 45.9 Å². The number of primary amides is 1. The number of carbonyl (C=O) groups is 2. The number of piperidine rings is 1. The number of halogens is 1. The zero-order valence-corrected chi connectivity index (χ0v) is 16.9. The van der Waals surface area contributed by atoms with Crippen LogP contribution in [0.3, 0.4) is 0 Å². The van der Waals surface area contributed by atoms with E-state index < -0.39 is 5.91 Å². The highest BCUT2D eigenvalue weighted by Gasteiger charge is 2.27. The first-order chi connectivity index (χ1) is 14.4. The van der Waals surface area contributed by atoms with Crippen molar-refractivity contribution in [1.82, 2.24) is 9.88 Å². The maximum Gasteiger partial charge on any atom is 0.250 e. The summed E-state index contributed by atoms with van der Waals surface area (Å²) in [5, 5.41) is 0.554. The minimum absolute atomic E-state index is 0.0324. The molecule has 1 aromatic heterocycles. The van der Waals surface area contributed by atoms with Gasteiger partial charge in [0.15, 0.2) is 0 Å². The number of nitrogens with two attached hydrogens (primary N) is 1. The number of fused-ring (bicyclic) bond motifs is 1. The maximum atomic E-state index is 13.5. The fourth-order valence-electron chi connectivity index (χ4n) is 4.18.